The number of pyridine rings is 1. The van der Waals surface area contributed by atoms with Gasteiger partial charge in [-0.2, -0.15) is 0 Å². The second-order valence-electron chi connectivity index (χ2n) is 3.45. The first kappa shape index (κ1) is 10.4. The Morgan fingerprint density at radius 3 is 3.06 bits per heavy atom. The molecule has 0 fully saturated rings. The van der Waals surface area contributed by atoms with Gasteiger partial charge in [-0.1, -0.05) is 17.4 Å². The van der Waals surface area contributed by atoms with Crippen LogP contribution in [0.15, 0.2) is 36.5 Å². The van der Waals surface area contributed by atoms with Crippen molar-refractivity contribution in [3.63, 3.8) is 0 Å². The SMILES string of the molecule is S=c1[nH]nc(Nc2ccc3ncccc3c2)s1. The zero-order chi connectivity index (χ0) is 11.7. The van der Waals surface area contributed by atoms with Crippen LogP contribution in [0.1, 0.15) is 0 Å². The zero-order valence-corrected chi connectivity index (χ0v) is 10.3. The molecule has 0 atom stereocenters. The van der Waals surface area contributed by atoms with Gasteiger partial charge in [-0.05, 0) is 36.5 Å². The van der Waals surface area contributed by atoms with Gasteiger partial charge in [0, 0.05) is 17.3 Å². The highest BCUT2D eigenvalue weighted by molar-refractivity contribution is 7.73. The first-order valence-corrected chi connectivity index (χ1v) is 6.21. The maximum absolute atomic E-state index is 4.98. The molecule has 0 spiro atoms. The van der Waals surface area contributed by atoms with E-state index >= 15 is 0 Å². The Balaban J connectivity index is 1.98. The van der Waals surface area contributed by atoms with Crippen molar-refractivity contribution in [2.75, 3.05) is 5.32 Å². The highest BCUT2D eigenvalue weighted by Gasteiger charge is 2.00. The Hall–Kier alpha value is -1.79. The van der Waals surface area contributed by atoms with E-state index in [2.05, 4.69) is 20.5 Å². The van der Waals surface area contributed by atoms with E-state index in [1.807, 2.05) is 30.3 Å². The van der Waals surface area contributed by atoms with Gasteiger partial charge >= 0.3 is 0 Å². The third-order valence-corrected chi connectivity index (χ3v) is 3.30. The van der Waals surface area contributed by atoms with Crippen LogP contribution in [0.3, 0.4) is 0 Å². The molecule has 0 unspecified atom stereocenters. The quantitative estimate of drug-likeness (QED) is 0.692. The monoisotopic (exact) mass is 260 g/mol. The molecule has 4 nitrogen and oxygen atoms in total. The van der Waals surface area contributed by atoms with Crippen LogP contribution in [0.5, 0.6) is 0 Å². The predicted octanol–water partition coefficient (Wildman–Crippen LogP) is 3.49. The molecule has 2 heterocycles. The summed E-state index contributed by atoms with van der Waals surface area (Å²) >= 11 is 6.39. The number of hydrogen-bond acceptors (Lipinski definition) is 5. The van der Waals surface area contributed by atoms with Crippen LogP contribution in [0.2, 0.25) is 0 Å². The smallest absolute Gasteiger partial charge is 0.208 e. The van der Waals surface area contributed by atoms with Gasteiger partial charge < -0.3 is 5.32 Å². The van der Waals surface area contributed by atoms with Crippen LogP contribution in [-0.4, -0.2) is 15.2 Å². The Bertz CT molecular complexity index is 716. The molecule has 0 radical (unpaired) electrons. The van der Waals surface area contributed by atoms with Crippen LogP contribution in [-0.2, 0) is 0 Å². The first-order valence-electron chi connectivity index (χ1n) is 4.98. The molecule has 3 aromatic rings. The molecule has 2 N–H and O–H groups in total. The van der Waals surface area contributed by atoms with Gasteiger partial charge in [0.2, 0.25) is 5.13 Å². The number of H-pyrrole nitrogens is 1. The van der Waals surface area contributed by atoms with E-state index in [-0.39, 0.29) is 0 Å². The van der Waals surface area contributed by atoms with Crippen molar-refractivity contribution in [3.8, 4) is 0 Å². The fourth-order valence-electron chi connectivity index (χ4n) is 1.56. The minimum atomic E-state index is 0.662. The third-order valence-electron chi connectivity index (χ3n) is 2.29. The summed E-state index contributed by atoms with van der Waals surface area (Å²) in [7, 11) is 0. The van der Waals surface area contributed by atoms with Gasteiger partial charge in [0.25, 0.3) is 0 Å². The number of anilines is 2. The minimum Gasteiger partial charge on any atom is -0.330 e. The van der Waals surface area contributed by atoms with E-state index < -0.39 is 0 Å². The Morgan fingerprint density at radius 2 is 2.24 bits per heavy atom. The van der Waals surface area contributed by atoms with Crippen LogP contribution in [0.4, 0.5) is 10.8 Å². The molecule has 0 saturated carbocycles. The van der Waals surface area contributed by atoms with Gasteiger partial charge in [-0.3, -0.25) is 10.1 Å². The van der Waals surface area contributed by atoms with Crippen molar-refractivity contribution in [2.24, 2.45) is 0 Å². The van der Waals surface area contributed by atoms with Gasteiger partial charge in [0.05, 0.1) is 5.52 Å². The van der Waals surface area contributed by atoms with E-state index in [1.54, 1.807) is 6.20 Å². The number of nitrogens with one attached hydrogen (secondary N) is 2. The van der Waals surface area contributed by atoms with Crippen molar-refractivity contribution >= 4 is 45.3 Å². The maximum Gasteiger partial charge on any atom is 0.208 e. The molecule has 0 saturated heterocycles. The number of aromatic amines is 1. The number of fused-ring (bicyclic) bond motifs is 1. The first-order chi connectivity index (χ1) is 8.31. The number of benzene rings is 1. The predicted molar refractivity (Wildman–Crippen MR) is 72.3 cm³/mol. The molecule has 0 amide bonds. The number of nitrogens with zero attached hydrogens (tertiary/aromatic N) is 2. The average Bonchev–Trinajstić information content (AvgIpc) is 2.75. The van der Waals surface area contributed by atoms with Gasteiger partial charge in [-0.25, -0.2) is 0 Å². The Morgan fingerprint density at radius 1 is 1.29 bits per heavy atom. The highest BCUT2D eigenvalue weighted by atomic mass is 32.1. The summed E-state index contributed by atoms with van der Waals surface area (Å²) in [5, 5.41) is 11.8. The molecule has 1 aromatic carbocycles. The molecule has 84 valence electrons. The summed E-state index contributed by atoms with van der Waals surface area (Å²) in [6.07, 6.45) is 1.79. The average molecular weight is 260 g/mol. The molecule has 3 rings (SSSR count). The third kappa shape index (κ3) is 2.17. The van der Waals surface area contributed by atoms with E-state index in [9.17, 15) is 0 Å². The fraction of sp³-hybridized carbons (Fsp3) is 0. The Kier molecular flexibility index (Phi) is 2.58. The molecular formula is C11H8N4S2. The molecule has 2 aromatic heterocycles. The maximum atomic E-state index is 4.98. The zero-order valence-electron chi connectivity index (χ0n) is 8.68. The lowest BCUT2D eigenvalue weighted by Gasteiger charge is -2.03. The van der Waals surface area contributed by atoms with E-state index in [4.69, 9.17) is 12.2 Å². The van der Waals surface area contributed by atoms with Crippen molar-refractivity contribution < 1.29 is 0 Å². The van der Waals surface area contributed by atoms with Crippen LogP contribution in [0.25, 0.3) is 10.9 Å². The normalized spacial score (nSPS) is 10.6. The molecule has 6 heteroatoms. The minimum absolute atomic E-state index is 0.662. The van der Waals surface area contributed by atoms with Gasteiger partial charge in [0.15, 0.2) is 3.95 Å². The highest BCUT2D eigenvalue weighted by Crippen LogP contribution is 2.22. The van der Waals surface area contributed by atoms with E-state index in [0.717, 1.165) is 21.7 Å². The standard InChI is InChI=1S/C11H8N4S2/c16-11-15-14-10(17-11)13-8-3-4-9-7(6-8)2-1-5-12-9/h1-6H,(H,13,14)(H,15,16). The van der Waals surface area contributed by atoms with E-state index in [1.165, 1.54) is 11.3 Å². The lowest BCUT2D eigenvalue weighted by atomic mass is 10.2. The fourth-order valence-corrected chi connectivity index (χ4v) is 2.37. The summed E-state index contributed by atoms with van der Waals surface area (Å²) in [5.74, 6) is 0. The van der Waals surface area contributed by atoms with Crippen LogP contribution < -0.4 is 5.32 Å². The van der Waals surface area contributed by atoms with Crippen molar-refractivity contribution in [3.05, 3.63) is 40.5 Å². The Labute approximate surface area is 106 Å². The summed E-state index contributed by atoms with van der Waals surface area (Å²) in [6, 6.07) is 9.93. The number of hydrogen-bond donors (Lipinski definition) is 2. The van der Waals surface area contributed by atoms with Gasteiger partial charge in [-0.15, -0.1) is 5.10 Å². The van der Waals surface area contributed by atoms with Crippen molar-refractivity contribution in [1.82, 2.24) is 15.2 Å². The molecule has 0 aliphatic heterocycles. The molecule has 17 heavy (non-hydrogen) atoms. The largest absolute Gasteiger partial charge is 0.330 e. The number of aromatic nitrogens is 3. The summed E-state index contributed by atoms with van der Waals surface area (Å²) in [4.78, 5) is 4.27. The molecular weight excluding hydrogens is 252 g/mol. The summed E-state index contributed by atoms with van der Waals surface area (Å²) in [5.41, 5.74) is 1.95. The summed E-state index contributed by atoms with van der Waals surface area (Å²) < 4.78 is 0.662. The van der Waals surface area contributed by atoms with Gasteiger partial charge in [0.1, 0.15) is 0 Å². The van der Waals surface area contributed by atoms with E-state index in [0.29, 0.717) is 3.95 Å². The lowest BCUT2D eigenvalue weighted by molar-refractivity contribution is 1.08. The lowest BCUT2D eigenvalue weighted by Crippen LogP contribution is -1.89. The van der Waals surface area contributed by atoms with Crippen molar-refractivity contribution in [1.29, 1.82) is 0 Å². The molecule has 0 aliphatic carbocycles. The molecule has 0 bridgehead atoms. The van der Waals surface area contributed by atoms with Crippen LogP contribution in [0, 0.1) is 3.95 Å². The topological polar surface area (TPSA) is 53.6 Å². The van der Waals surface area contributed by atoms with Crippen LogP contribution >= 0.6 is 23.6 Å². The second-order valence-corrected chi connectivity index (χ2v) is 5.12. The van der Waals surface area contributed by atoms with Crippen molar-refractivity contribution in [2.45, 2.75) is 0 Å². The molecule has 0 aliphatic rings. The second kappa shape index (κ2) is 4.23. The summed E-state index contributed by atoms with van der Waals surface area (Å²) in [6.45, 7) is 0. The number of rotatable bonds is 2.